The Bertz CT molecular complexity index is 297. The van der Waals surface area contributed by atoms with Crippen molar-refractivity contribution in [3.63, 3.8) is 0 Å². The maximum Gasteiger partial charge on any atom is 0.0503 e. The zero-order chi connectivity index (χ0) is 15.1. The van der Waals surface area contributed by atoms with Crippen LogP contribution in [0.15, 0.2) is 0 Å². The van der Waals surface area contributed by atoms with Gasteiger partial charge in [-0.05, 0) is 56.0 Å². The molecule has 0 amide bonds. The second-order valence-electron chi connectivity index (χ2n) is 7.72. The van der Waals surface area contributed by atoms with E-state index in [9.17, 15) is 0 Å². The molecule has 0 aromatic heterocycles. The summed E-state index contributed by atoms with van der Waals surface area (Å²) in [7, 11) is 1.83. The Kier molecular flexibility index (Phi) is 6.97. The van der Waals surface area contributed by atoms with Gasteiger partial charge in [0.1, 0.15) is 0 Å². The molecule has 1 saturated heterocycles. The standard InChI is InChI=1S/C18H36N2O/c1-4-9-19-14-18(8-5-6-16(2)11-18)15-20-10-7-17(12-20)13-21-3/h16-17,19H,4-15H2,1-3H3. The molecule has 0 aromatic carbocycles. The van der Waals surface area contributed by atoms with Gasteiger partial charge in [-0.3, -0.25) is 0 Å². The van der Waals surface area contributed by atoms with E-state index in [4.69, 9.17) is 4.74 Å². The molecule has 3 unspecified atom stereocenters. The average molecular weight is 296 g/mol. The Hall–Kier alpha value is -0.120. The summed E-state index contributed by atoms with van der Waals surface area (Å²) < 4.78 is 5.35. The van der Waals surface area contributed by atoms with Gasteiger partial charge in [-0.1, -0.05) is 26.7 Å². The van der Waals surface area contributed by atoms with E-state index in [0.29, 0.717) is 5.41 Å². The minimum absolute atomic E-state index is 0.523. The Morgan fingerprint density at radius 3 is 2.90 bits per heavy atom. The molecule has 124 valence electrons. The minimum atomic E-state index is 0.523. The van der Waals surface area contributed by atoms with Crippen LogP contribution in [0.25, 0.3) is 0 Å². The molecule has 3 atom stereocenters. The van der Waals surface area contributed by atoms with Crippen LogP contribution in [-0.4, -0.2) is 51.3 Å². The molecule has 1 saturated carbocycles. The van der Waals surface area contributed by atoms with Gasteiger partial charge in [0.15, 0.2) is 0 Å². The smallest absolute Gasteiger partial charge is 0.0503 e. The molecule has 2 aliphatic rings. The number of nitrogens with zero attached hydrogens (tertiary/aromatic N) is 1. The van der Waals surface area contributed by atoms with Crippen LogP contribution in [0, 0.1) is 17.3 Å². The van der Waals surface area contributed by atoms with Crippen LogP contribution in [0.3, 0.4) is 0 Å². The topological polar surface area (TPSA) is 24.5 Å². The summed E-state index contributed by atoms with van der Waals surface area (Å²) in [6.45, 7) is 11.9. The van der Waals surface area contributed by atoms with Gasteiger partial charge in [-0.25, -0.2) is 0 Å². The van der Waals surface area contributed by atoms with Gasteiger partial charge in [-0.15, -0.1) is 0 Å². The van der Waals surface area contributed by atoms with Crippen molar-refractivity contribution in [1.82, 2.24) is 10.2 Å². The third-order valence-electron chi connectivity index (χ3n) is 5.44. The molecule has 2 fully saturated rings. The van der Waals surface area contributed by atoms with Crippen molar-refractivity contribution in [1.29, 1.82) is 0 Å². The number of likely N-dealkylation sites (tertiary alicyclic amines) is 1. The molecule has 3 heteroatoms. The van der Waals surface area contributed by atoms with E-state index in [1.807, 2.05) is 7.11 Å². The Labute approximate surface area is 131 Å². The van der Waals surface area contributed by atoms with Crippen LogP contribution in [0.1, 0.15) is 52.4 Å². The third-order valence-corrected chi connectivity index (χ3v) is 5.44. The molecule has 2 rings (SSSR count). The highest BCUT2D eigenvalue weighted by molar-refractivity contribution is 4.91. The van der Waals surface area contributed by atoms with E-state index in [-0.39, 0.29) is 0 Å². The summed E-state index contributed by atoms with van der Waals surface area (Å²) in [5.41, 5.74) is 0.523. The van der Waals surface area contributed by atoms with E-state index in [2.05, 4.69) is 24.1 Å². The molecule has 0 aromatic rings. The lowest BCUT2D eigenvalue weighted by molar-refractivity contribution is 0.0853. The highest BCUT2D eigenvalue weighted by atomic mass is 16.5. The van der Waals surface area contributed by atoms with Crippen molar-refractivity contribution in [2.75, 3.05) is 46.4 Å². The van der Waals surface area contributed by atoms with Crippen molar-refractivity contribution in [2.24, 2.45) is 17.3 Å². The monoisotopic (exact) mass is 296 g/mol. The van der Waals surface area contributed by atoms with E-state index in [1.165, 1.54) is 71.2 Å². The normalized spacial score (nSPS) is 34.4. The second kappa shape index (κ2) is 8.50. The predicted octanol–water partition coefficient (Wildman–Crippen LogP) is 3.15. The third kappa shape index (κ3) is 5.22. The van der Waals surface area contributed by atoms with Crippen LogP contribution in [0.2, 0.25) is 0 Å². The summed E-state index contributed by atoms with van der Waals surface area (Å²) in [5, 5.41) is 3.73. The summed E-state index contributed by atoms with van der Waals surface area (Å²) in [6.07, 6.45) is 8.24. The molecule has 1 aliphatic carbocycles. The molecule has 0 bridgehead atoms. The summed E-state index contributed by atoms with van der Waals surface area (Å²) in [6, 6.07) is 0. The lowest BCUT2D eigenvalue weighted by Crippen LogP contribution is -2.46. The lowest BCUT2D eigenvalue weighted by atomic mass is 9.69. The molecule has 21 heavy (non-hydrogen) atoms. The highest BCUT2D eigenvalue weighted by Gasteiger charge is 2.37. The van der Waals surface area contributed by atoms with Gasteiger partial charge in [0, 0.05) is 26.7 Å². The predicted molar refractivity (Wildman–Crippen MR) is 89.6 cm³/mol. The van der Waals surface area contributed by atoms with Crippen molar-refractivity contribution in [2.45, 2.75) is 52.4 Å². The summed E-state index contributed by atoms with van der Waals surface area (Å²) in [5.74, 6) is 1.66. The van der Waals surface area contributed by atoms with E-state index in [0.717, 1.165) is 18.4 Å². The van der Waals surface area contributed by atoms with Gasteiger partial charge in [0.25, 0.3) is 0 Å². The Morgan fingerprint density at radius 1 is 1.33 bits per heavy atom. The molecule has 0 spiro atoms. The lowest BCUT2D eigenvalue weighted by Gasteiger charge is -2.43. The van der Waals surface area contributed by atoms with Crippen LogP contribution >= 0.6 is 0 Å². The van der Waals surface area contributed by atoms with Gasteiger partial charge in [0.2, 0.25) is 0 Å². The average Bonchev–Trinajstić information content (AvgIpc) is 2.86. The first-order chi connectivity index (χ1) is 10.2. The van der Waals surface area contributed by atoms with Crippen LogP contribution in [0.4, 0.5) is 0 Å². The molecule has 0 radical (unpaired) electrons. The molecular formula is C18H36N2O. The van der Waals surface area contributed by atoms with E-state index in [1.54, 1.807) is 0 Å². The van der Waals surface area contributed by atoms with Gasteiger partial charge < -0.3 is 15.0 Å². The van der Waals surface area contributed by atoms with Crippen molar-refractivity contribution in [3.8, 4) is 0 Å². The van der Waals surface area contributed by atoms with Crippen molar-refractivity contribution in [3.05, 3.63) is 0 Å². The molecule has 3 nitrogen and oxygen atoms in total. The Balaban J connectivity index is 1.89. The van der Waals surface area contributed by atoms with Gasteiger partial charge >= 0.3 is 0 Å². The second-order valence-corrected chi connectivity index (χ2v) is 7.72. The molecule has 1 heterocycles. The van der Waals surface area contributed by atoms with Gasteiger partial charge in [-0.2, -0.15) is 0 Å². The first kappa shape index (κ1) is 17.2. The first-order valence-corrected chi connectivity index (χ1v) is 9.09. The first-order valence-electron chi connectivity index (χ1n) is 9.09. The van der Waals surface area contributed by atoms with E-state index < -0.39 is 0 Å². The fourth-order valence-electron chi connectivity index (χ4n) is 4.56. The van der Waals surface area contributed by atoms with Crippen molar-refractivity contribution < 1.29 is 4.74 Å². The number of methoxy groups -OCH3 is 1. The van der Waals surface area contributed by atoms with Gasteiger partial charge in [0.05, 0.1) is 6.61 Å². The SMILES string of the molecule is CCCNCC1(CN2CCC(COC)C2)CCCC(C)C1. The fourth-order valence-corrected chi connectivity index (χ4v) is 4.56. The summed E-state index contributed by atoms with van der Waals surface area (Å²) >= 11 is 0. The maximum atomic E-state index is 5.35. The van der Waals surface area contributed by atoms with Crippen LogP contribution in [0.5, 0.6) is 0 Å². The minimum Gasteiger partial charge on any atom is -0.384 e. The maximum absolute atomic E-state index is 5.35. The molecule has 1 N–H and O–H groups in total. The summed E-state index contributed by atoms with van der Waals surface area (Å²) in [4.78, 5) is 2.72. The number of hydrogen-bond acceptors (Lipinski definition) is 3. The zero-order valence-corrected chi connectivity index (χ0v) is 14.5. The zero-order valence-electron chi connectivity index (χ0n) is 14.5. The van der Waals surface area contributed by atoms with Crippen LogP contribution in [-0.2, 0) is 4.74 Å². The molecular weight excluding hydrogens is 260 g/mol. The largest absolute Gasteiger partial charge is 0.384 e. The Morgan fingerprint density at radius 2 is 2.19 bits per heavy atom. The van der Waals surface area contributed by atoms with E-state index >= 15 is 0 Å². The fraction of sp³-hybridized carbons (Fsp3) is 1.00. The highest BCUT2D eigenvalue weighted by Crippen LogP contribution is 2.40. The number of hydrogen-bond donors (Lipinski definition) is 1. The number of nitrogens with one attached hydrogen (secondary N) is 1. The van der Waals surface area contributed by atoms with Crippen molar-refractivity contribution >= 4 is 0 Å². The molecule has 1 aliphatic heterocycles. The quantitative estimate of drug-likeness (QED) is 0.696. The van der Waals surface area contributed by atoms with Crippen LogP contribution < -0.4 is 5.32 Å². The number of rotatable bonds is 8. The number of ether oxygens (including phenoxy) is 1.